The molecule has 0 amide bonds. The first-order chi connectivity index (χ1) is 7.82. The van der Waals surface area contributed by atoms with Crippen LogP contribution in [0.15, 0.2) is 0 Å². The van der Waals surface area contributed by atoms with Gasteiger partial charge in [-0.15, -0.1) is 0 Å². The van der Waals surface area contributed by atoms with E-state index in [2.05, 4.69) is 5.10 Å². The largest absolute Gasteiger partial charge is 0.435 e. The number of nitrogens with zero attached hydrogens (tertiary/aromatic N) is 2. The molecule has 3 nitrogen and oxygen atoms in total. The highest BCUT2D eigenvalue weighted by atomic mass is 19.4. The van der Waals surface area contributed by atoms with Gasteiger partial charge in [0, 0.05) is 23.2 Å². The topological polar surface area (TPSA) is 38.0 Å². The molecule has 1 fully saturated rings. The van der Waals surface area contributed by atoms with Crippen molar-refractivity contribution in [1.82, 2.24) is 9.78 Å². The molecule has 0 radical (unpaired) electrons. The van der Waals surface area contributed by atoms with Gasteiger partial charge in [-0.3, -0.25) is 4.68 Å². The molecule has 3 atom stereocenters. The molecule has 17 heavy (non-hydrogen) atoms. The van der Waals surface area contributed by atoms with Gasteiger partial charge in [0.25, 0.3) is 0 Å². The molecule has 1 aromatic heterocycles. The van der Waals surface area contributed by atoms with Gasteiger partial charge >= 0.3 is 6.18 Å². The Bertz CT molecular complexity index is 478. The van der Waals surface area contributed by atoms with E-state index in [1.165, 1.54) is 4.68 Å². The highest BCUT2D eigenvalue weighted by molar-refractivity contribution is 5.44. The van der Waals surface area contributed by atoms with Gasteiger partial charge in [-0.1, -0.05) is 0 Å². The fourth-order valence-electron chi connectivity index (χ4n) is 2.82. The molecule has 0 spiro atoms. The van der Waals surface area contributed by atoms with Crippen LogP contribution in [0.2, 0.25) is 0 Å². The van der Waals surface area contributed by atoms with E-state index in [9.17, 15) is 18.3 Å². The predicted molar refractivity (Wildman–Crippen MR) is 53.4 cm³/mol. The number of halogens is 3. The number of fused-ring (bicyclic) bond motifs is 3. The number of alkyl halides is 3. The summed E-state index contributed by atoms with van der Waals surface area (Å²) in [4.78, 5) is 0. The molecule has 0 bridgehead atoms. The summed E-state index contributed by atoms with van der Waals surface area (Å²) in [5.41, 5.74) is -0.279. The van der Waals surface area contributed by atoms with E-state index in [4.69, 9.17) is 0 Å². The Morgan fingerprint density at radius 3 is 2.59 bits per heavy atom. The maximum atomic E-state index is 12.8. The summed E-state index contributed by atoms with van der Waals surface area (Å²) in [5, 5.41) is 13.5. The molecule has 2 aliphatic carbocycles. The second-order valence-corrected chi connectivity index (χ2v) is 5.13. The maximum Gasteiger partial charge on any atom is 0.435 e. The van der Waals surface area contributed by atoms with Crippen LogP contribution < -0.4 is 0 Å². The van der Waals surface area contributed by atoms with Crippen molar-refractivity contribution in [3.63, 3.8) is 0 Å². The highest BCUT2D eigenvalue weighted by Crippen LogP contribution is 2.63. The Kier molecular flexibility index (Phi) is 1.98. The summed E-state index contributed by atoms with van der Waals surface area (Å²) >= 11 is 0. The highest BCUT2D eigenvalue weighted by Gasteiger charge is 2.58. The van der Waals surface area contributed by atoms with Gasteiger partial charge in [0.05, 0.1) is 6.10 Å². The molecule has 1 aromatic rings. The van der Waals surface area contributed by atoms with Crippen molar-refractivity contribution < 1.29 is 18.3 Å². The predicted octanol–water partition coefficient (Wildman–Crippen LogP) is 2.63. The van der Waals surface area contributed by atoms with Crippen molar-refractivity contribution in [3.8, 4) is 0 Å². The fraction of sp³-hybridized carbons (Fsp3) is 0.727. The van der Waals surface area contributed by atoms with E-state index in [1.54, 1.807) is 13.8 Å². The van der Waals surface area contributed by atoms with Crippen LogP contribution in [-0.4, -0.2) is 14.9 Å². The standard InChI is InChI=1S/C11H13F3N2O/c1-4(2)16-8-5-3-6(5)9(17)7(8)10(15-16)11(12,13)14/h4-6,9,17H,3H2,1-2H3. The number of aliphatic hydroxyl groups excluding tert-OH is 1. The van der Waals surface area contributed by atoms with Crippen LogP contribution in [0.5, 0.6) is 0 Å². The van der Waals surface area contributed by atoms with E-state index in [-0.39, 0.29) is 23.4 Å². The Labute approximate surface area is 96.2 Å². The lowest BCUT2D eigenvalue weighted by molar-refractivity contribution is -0.143. The molecule has 94 valence electrons. The van der Waals surface area contributed by atoms with Crippen molar-refractivity contribution in [2.45, 2.75) is 44.5 Å². The van der Waals surface area contributed by atoms with Gasteiger partial charge in [0.15, 0.2) is 5.69 Å². The average Bonchev–Trinajstić information content (AvgIpc) is 2.77. The molecule has 0 saturated heterocycles. The van der Waals surface area contributed by atoms with Crippen LogP contribution in [-0.2, 0) is 6.18 Å². The van der Waals surface area contributed by atoms with Crippen LogP contribution in [0.1, 0.15) is 55.3 Å². The Hall–Kier alpha value is -1.04. The monoisotopic (exact) mass is 246 g/mol. The maximum absolute atomic E-state index is 12.8. The molecule has 2 aliphatic rings. The van der Waals surface area contributed by atoms with E-state index >= 15 is 0 Å². The van der Waals surface area contributed by atoms with Crippen LogP contribution in [0.4, 0.5) is 13.2 Å². The van der Waals surface area contributed by atoms with Crippen molar-refractivity contribution in [1.29, 1.82) is 0 Å². The number of hydrogen-bond acceptors (Lipinski definition) is 2. The third-order valence-electron chi connectivity index (χ3n) is 3.64. The molecule has 0 aliphatic heterocycles. The van der Waals surface area contributed by atoms with Gasteiger partial charge in [-0.2, -0.15) is 18.3 Å². The van der Waals surface area contributed by atoms with Gasteiger partial charge in [0.1, 0.15) is 0 Å². The summed E-state index contributed by atoms with van der Waals surface area (Å²) in [6.45, 7) is 3.60. The van der Waals surface area contributed by atoms with Crippen LogP contribution in [0.25, 0.3) is 0 Å². The minimum absolute atomic E-state index is 0.0194. The van der Waals surface area contributed by atoms with Crippen molar-refractivity contribution in [2.75, 3.05) is 0 Å². The second-order valence-electron chi connectivity index (χ2n) is 5.13. The zero-order valence-corrected chi connectivity index (χ0v) is 9.49. The van der Waals surface area contributed by atoms with Gasteiger partial charge in [-0.25, -0.2) is 0 Å². The molecule has 6 heteroatoms. The van der Waals surface area contributed by atoms with E-state index in [0.717, 1.165) is 6.42 Å². The molecular formula is C11H13F3N2O. The summed E-state index contributed by atoms with van der Waals surface area (Å²) in [6.07, 6.45) is -4.69. The van der Waals surface area contributed by atoms with E-state index < -0.39 is 18.0 Å². The summed E-state index contributed by atoms with van der Waals surface area (Å²) in [7, 11) is 0. The number of hydrogen-bond donors (Lipinski definition) is 1. The fourth-order valence-corrected chi connectivity index (χ4v) is 2.82. The first-order valence-corrected chi connectivity index (χ1v) is 5.70. The molecule has 1 N–H and O–H groups in total. The first-order valence-electron chi connectivity index (χ1n) is 5.70. The molecule has 1 saturated carbocycles. The first kappa shape index (κ1) is 11.1. The lowest BCUT2D eigenvalue weighted by Crippen LogP contribution is -2.12. The Morgan fingerprint density at radius 1 is 1.41 bits per heavy atom. The van der Waals surface area contributed by atoms with E-state index in [1.807, 2.05) is 0 Å². The summed E-state index contributed by atoms with van der Waals surface area (Å²) < 4.78 is 40.0. The number of aliphatic hydroxyl groups is 1. The Balaban J connectivity index is 2.20. The lowest BCUT2D eigenvalue weighted by atomic mass is 10.1. The van der Waals surface area contributed by atoms with Gasteiger partial charge in [0.2, 0.25) is 0 Å². The average molecular weight is 246 g/mol. The summed E-state index contributed by atoms with van der Waals surface area (Å²) in [6, 6.07) is -0.119. The van der Waals surface area contributed by atoms with Crippen LogP contribution >= 0.6 is 0 Å². The van der Waals surface area contributed by atoms with E-state index in [0.29, 0.717) is 5.69 Å². The SMILES string of the molecule is CC(C)n1nc(C(F)(F)F)c2c1C1CC1C2O. The third kappa shape index (κ3) is 1.36. The minimum atomic E-state index is -4.48. The number of rotatable bonds is 1. The molecule has 3 rings (SSSR count). The third-order valence-corrected chi connectivity index (χ3v) is 3.64. The smallest absolute Gasteiger partial charge is 0.388 e. The zero-order valence-electron chi connectivity index (χ0n) is 9.49. The van der Waals surface area contributed by atoms with Crippen molar-refractivity contribution in [2.24, 2.45) is 5.92 Å². The van der Waals surface area contributed by atoms with Gasteiger partial charge in [-0.05, 0) is 26.2 Å². The number of aromatic nitrogens is 2. The molecule has 0 aromatic carbocycles. The molecular weight excluding hydrogens is 233 g/mol. The van der Waals surface area contributed by atoms with Crippen LogP contribution in [0.3, 0.4) is 0 Å². The molecule has 1 heterocycles. The van der Waals surface area contributed by atoms with Crippen LogP contribution in [0, 0.1) is 5.92 Å². The normalized spacial score (nSPS) is 30.6. The minimum Gasteiger partial charge on any atom is -0.388 e. The van der Waals surface area contributed by atoms with Crippen molar-refractivity contribution in [3.05, 3.63) is 17.0 Å². The zero-order chi connectivity index (χ0) is 12.5. The van der Waals surface area contributed by atoms with Crippen molar-refractivity contribution >= 4 is 0 Å². The second kappa shape index (κ2) is 3.04. The van der Waals surface area contributed by atoms with Gasteiger partial charge < -0.3 is 5.11 Å². The Morgan fingerprint density at radius 2 is 2.06 bits per heavy atom. The quantitative estimate of drug-likeness (QED) is 0.827. The summed E-state index contributed by atoms with van der Waals surface area (Å²) in [5.74, 6) is 0.0556. The lowest BCUT2D eigenvalue weighted by Gasteiger charge is -2.09. The molecule has 3 unspecified atom stereocenters.